The van der Waals surface area contributed by atoms with E-state index >= 15 is 0 Å². The Morgan fingerprint density at radius 3 is 3.00 bits per heavy atom. The van der Waals surface area contributed by atoms with Gasteiger partial charge in [0.2, 0.25) is 0 Å². The van der Waals surface area contributed by atoms with Crippen molar-refractivity contribution in [2.75, 3.05) is 13.7 Å². The normalized spacial score (nSPS) is 13.2. The first kappa shape index (κ1) is 11.0. The van der Waals surface area contributed by atoms with Crippen molar-refractivity contribution in [1.29, 1.82) is 0 Å². The molecule has 0 saturated carbocycles. The summed E-state index contributed by atoms with van der Waals surface area (Å²) in [5.74, 6) is 0. The standard InChI is InChI=1S/C11H16N4O/c1-4-9(7-16-3)15-11-5-8(2)12-6-10(11)13-14-15/h5-6,9H,4,7H2,1-3H3. The lowest BCUT2D eigenvalue weighted by Crippen LogP contribution is -2.15. The highest BCUT2D eigenvalue weighted by atomic mass is 16.5. The molecule has 0 aliphatic heterocycles. The third-order valence-corrected chi connectivity index (χ3v) is 2.67. The molecule has 5 heteroatoms. The zero-order valence-corrected chi connectivity index (χ0v) is 9.84. The zero-order chi connectivity index (χ0) is 11.5. The highest BCUT2D eigenvalue weighted by Crippen LogP contribution is 2.18. The number of hydrogen-bond acceptors (Lipinski definition) is 4. The summed E-state index contributed by atoms with van der Waals surface area (Å²) in [6.07, 6.45) is 2.72. The van der Waals surface area contributed by atoms with Crippen LogP contribution in [-0.4, -0.2) is 33.7 Å². The van der Waals surface area contributed by atoms with Gasteiger partial charge in [0.15, 0.2) is 0 Å². The van der Waals surface area contributed by atoms with E-state index in [1.807, 2.05) is 17.7 Å². The van der Waals surface area contributed by atoms with Crippen LogP contribution in [0.5, 0.6) is 0 Å². The van der Waals surface area contributed by atoms with Gasteiger partial charge in [-0.2, -0.15) is 0 Å². The lowest BCUT2D eigenvalue weighted by molar-refractivity contribution is 0.148. The minimum Gasteiger partial charge on any atom is -0.382 e. The van der Waals surface area contributed by atoms with Crippen molar-refractivity contribution in [2.24, 2.45) is 0 Å². The van der Waals surface area contributed by atoms with E-state index in [-0.39, 0.29) is 6.04 Å². The summed E-state index contributed by atoms with van der Waals surface area (Å²) in [5.41, 5.74) is 2.83. The number of hydrogen-bond donors (Lipinski definition) is 0. The molecule has 1 unspecified atom stereocenters. The number of aromatic nitrogens is 4. The van der Waals surface area contributed by atoms with Crippen molar-refractivity contribution in [3.05, 3.63) is 18.0 Å². The van der Waals surface area contributed by atoms with Crippen molar-refractivity contribution in [1.82, 2.24) is 20.0 Å². The van der Waals surface area contributed by atoms with E-state index in [0.29, 0.717) is 6.61 Å². The summed E-state index contributed by atoms with van der Waals surface area (Å²) in [6, 6.07) is 2.24. The maximum atomic E-state index is 5.19. The van der Waals surface area contributed by atoms with Gasteiger partial charge in [0.1, 0.15) is 5.52 Å². The maximum absolute atomic E-state index is 5.19. The minimum absolute atomic E-state index is 0.233. The minimum atomic E-state index is 0.233. The highest BCUT2D eigenvalue weighted by molar-refractivity contribution is 5.73. The van der Waals surface area contributed by atoms with Crippen LogP contribution in [0.3, 0.4) is 0 Å². The van der Waals surface area contributed by atoms with Crippen LogP contribution in [0, 0.1) is 6.92 Å². The Kier molecular flexibility index (Phi) is 3.14. The summed E-state index contributed by atoms with van der Waals surface area (Å²) < 4.78 is 7.12. The number of pyridine rings is 1. The van der Waals surface area contributed by atoms with Gasteiger partial charge in [-0.3, -0.25) is 4.98 Å². The molecule has 0 N–H and O–H groups in total. The smallest absolute Gasteiger partial charge is 0.131 e. The molecule has 0 spiro atoms. The molecule has 0 aliphatic carbocycles. The van der Waals surface area contributed by atoms with Crippen molar-refractivity contribution in [3.8, 4) is 0 Å². The zero-order valence-electron chi connectivity index (χ0n) is 9.84. The topological polar surface area (TPSA) is 52.8 Å². The van der Waals surface area contributed by atoms with E-state index in [4.69, 9.17) is 4.74 Å². The van der Waals surface area contributed by atoms with Crippen molar-refractivity contribution >= 4 is 11.0 Å². The van der Waals surface area contributed by atoms with Gasteiger partial charge in [0.25, 0.3) is 0 Å². The van der Waals surface area contributed by atoms with Gasteiger partial charge >= 0.3 is 0 Å². The number of rotatable bonds is 4. The second kappa shape index (κ2) is 4.57. The third kappa shape index (κ3) is 1.90. The van der Waals surface area contributed by atoms with Crippen LogP contribution in [0.25, 0.3) is 11.0 Å². The van der Waals surface area contributed by atoms with E-state index in [2.05, 4.69) is 22.2 Å². The van der Waals surface area contributed by atoms with Gasteiger partial charge in [-0.15, -0.1) is 5.10 Å². The molecule has 86 valence electrons. The number of fused-ring (bicyclic) bond motifs is 1. The van der Waals surface area contributed by atoms with Gasteiger partial charge < -0.3 is 4.74 Å². The molecule has 2 rings (SSSR count). The Morgan fingerprint density at radius 1 is 1.50 bits per heavy atom. The van der Waals surface area contributed by atoms with Crippen LogP contribution in [0.1, 0.15) is 25.1 Å². The van der Waals surface area contributed by atoms with Crippen LogP contribution in [0.15, 0.2) is 12.3 Å². The van der Waals surface area contributed by atoms with Gasteiger partial charge in [-0.05, 0) is 19.4 Å². The van der Waals surface area contributed by atoms with Gasteiger partial charge in [0, 0.05) is 12.8 Å². The number of ether oxygens (including phenoxy) is 1. The van der Waals surface area contributed by atoms with Gasteiger partial charge in [-0.1, -0.05) is 12.1 Å². The number of aryl methyl sites for hydroxylation is 1. The first-order chi connectivity index (χ1) is 7.76. The Labute approximate surface area is 94.4 Å². The van der Waals surface area contributed by atoms with E-state index in [0.717, 1.165) is 23.1 Å². The molecule has 0 bridgehead atoms. The first-order valence-corrected chi connectivity index (χ1v) is 5.42. The maximum Gasteiger partial charge on any atom is 0.131 e. The largest absolute Gasteiger partial charge is 0.382 e. The molecule has 5 nitrogen and oxygen atoms in total. The molecule has 0 saturated heterocycles. The fourth-order valence-corrected chi connectivity index (χ4v) is 1.77. The second-order valence-electron chi connectivity index (χ2n) is 3.87. The number of nitrogens with zero attached hydrogens (tertiary/aromatic N) is 4. The predicted octanol–water partition coefficient (Wildman–Crippen LogP) is 1.73. The SMILES string of the molecule is CCC(COC)n1nnc2cnc(C)cc21. The molecular formula is C11H16N4O. The van der Waals surface area contributed by atoms with Crippen LogP contribution in [0.2, 0.25) is 0 Å². The molecule has 2 heterocycles. The molecule has 0 radical (unpaired) electrons. The average Bonchev–Trinajstić information content (AvgIpc) is 2.69. The average molecular weight is 220 g/mol. The van der Waals surface area contributed by atoms with Gasteiger partial charge in [0.05, 0.1) is 24.4 Å². The Morgan fingerprint density at radius 2 is 2.31 bits per heavy atom. The summed E-state index contributed by atoms with van der Waals surface area (Å²) in [4.78, 5) is 4.20. The molecule has 0 aromatic carbocycles. The van der Waals surface area contributed by atoms with Crippen molar-refractivity contribution in [2.45, 2.75) is 26.3 Å². The Balaban J connectivity index is 2.46. The summed E-state index contributed by atoms with van der Waals surface area (Å²) in [7, 11) is 1.70. The van der Waals surface area contributed by atoms with Crippen LogP contribution < -0.4 is 0 Å². The molecule has 0 amide bonds. The molecule has 0 fully saturated rings. The van der Waals surface area contributed by atoms with Crippen molar-refractivity contribution < 1.29 is 4.74 Å². The van der Waals surface area contributed by atoms with Crippen molar-refractivity contribution in [3.63, 3.8) is 0 Å². The molecule has 1 atom stereocenters. The molecule has 16 heavy (non-hydrogen) atoms. The summed E-state index contributed by atoms with van der Waals surface area (Å²) in [6.45, 7) is 4.73. The van der Waals surface area contributed by atoms with Crippen LogP contribution >= 0.6 is 0 Å². The summed E-state index contributed by atoms with van der Waals surface area (Å²) in [5, 5.41) is 8.28. The molecule has 0 aliphatic rings. The molecular weight excluding hydrogens is 204 g/mol. The Hall–Kier alpha value is -1.49. The van der Waals surface area contributed by atoms with E-state index in [9.17, 15) is 0 Å². The fourth-order valence-electron chi connectivity index (χ4n) is 1.77. The van der Waals surface area contributed by atoms with Crippen LogP contribution in [0.4, 0.5) is 0 Å². The highest BCUT2D eigenvalue weighted by Gasteiger charge is 2.13. The van der Waals surface area contributed by atoms with Crippen LogP contribution in [-0.2, 0) is 4.74 Å². The monoisotopic (exact) mass is 220 g/mol. The predicted molar refractivity (Wildman–Crippen MR) is 61.3 cm³/mol. The molecule has 2 aromatic heterocycles. The second-order valence-corrected chi connectivity index (χ2v) is 3.87. The van der Waals surface area contributed by atoms with E-state index in [1.165, 1.54) is 0 Å². The number of methoxy groups -OCH3 is 1. The first-order valence-electron chi connectivity index (χ1n) is 5.42. The quantitative estimate of drug-likeness (QED) is 0.787. The molecule has 2 aromatic rings. The summed E-state index contributed by atoms with van der Waals surface area (Å²) >= 11 is 0. The fraction of sp³-hybridized carbons (Fsp3) is 0.545. The van der Waals surface area contributed by atoms with E-state index < -0.39 is 0 Å². The lowest BCUT2D eigenvalue weighted by Gasteiger charge is -2.14. The van der Waals surface area contributed by atoms with Gasteiger partial charge in [-0.25, -0.2) is 4.68 Å². The lowest BCUT2D eigenvalue weighted by atomic mass is 10.2. The Bertz CT molecular complexity index is 480. The van der Waals surface area contributed by atoms with E-state index in [1.54, 1.807) is 13.3 Å². The third-order valence-electron chi connectivity index (χ3n) is 2.67.